The highest BCUT2D eigenvalue weighted by atomic mass is 16.5. The van der Waals surface area contributed by atoms with Gasteiger partial charge in [0.1, 0.15) is 0 Å². The van der Waals surface area contributed by atoms with Gasteiger partial charge < -0.3 is 4.74 Å². The van der Waals surface area contributed by atoms with Crippen LogP contribution in [0.3, 0.4) is 0 Å². The molecule has 0 radical (unpaired) electrons. The van der Waals surface area contributed by atoms with E-state index in [9.17, 15) is 4.79 Å². The lowest BCUT2D eigenvalue weighted by atomic mass is 9.35. The largest absolute Gasteiger partial charge is 0.469 e. The van der Waals surface area contributed by atoms with Crippen LogP contribution in [0.2, 0.25) is 0 Å². The Hall–Kier alpha value is -0.790. The van der Waals surface area contributed by atoms with Crippen molar-refractivity contribution in [3.63, 3.8) is 0 Å². The van der Waals surface area contributed by atoms with Crippen LogP contribution in [0.1, 0.15) is 113 Å². The van der Waals surface area contributed by atoms with Crippen molar-refractivity contribution in [3.05, 3.63) is 11.6 Å². The van der Waals surface area contributed by atoms with E-state index in [4.69, 9.17) is 4.74 Å². The number of hydrogen-bond acceptors (Lipinski definition) is 2. The fourth-order valence-corrected chi connectivity index (χ4v) is 11.4. The van der Waals surface area contributed by atoms with Gasteiger partial charge in [0, 0.05) is 0 Å². The highest BCUT2D eigenvalue weighted by molar-refractivity contribution is 5.78. The lowest BCUT2D eigenvalue weighted by Crippen LogP contribution is -2.62. The zero-order valence-corrected chi connectivity index (χ0v) is 22.9. The Bertz CT molecular complexity index is 853. The van der Waals surface area contributed by atoms with Gasteiger partial charge in [-0.1, -0.05) is 66.5 Å². The topological polar surface area (TPSA) is 26.3 Å². The van der Waals surface area contributed by atoms with Gasteiger partial charge >= 0.3 is 5.97 Å². The Morgan fingerprint density at radius 3 is 2.33 bits per heavy atom. The van der Waals surface area contributed by atoms with E-state index in [1.54, 1.807) is 12.7 Å². The predicted molar refractivity (Wildman–Crippen MR) is 136 cm³/mol. The van der Waals surface area contributed by atoms with E-state index in [1.807, 2.05) is 0 Å². The van der Waals surface area contributed by atoms with Crippen LogP contribution in [0.4, 0.5) is 0 Å². The summed E-state index contributed by atoms with van der Waals surface area (Å²) in [6, 6.07) is 0. The molecular weight excluding hydrogens is 404 g/mol. The second-order valence-electron chi connectivity index (χ2n) is 14.6. The highest BCUT2D eigenvalue weighted by Gasteiger charge is 2.71. The second kappa shape index (κ2) is 7.36. The van der Waals surface area contributed by atoms with E-state index < -0.39 is 0 Å². The molecule has 0 aromatic carbocycles. The number of carbonyl (C=O) groups is 1. The van der Waals surface area contributed by atoms with Gasteiger partial charge in [-0.25, -0.2) is 0 Å². The Morgan fingerprint density at radius 1 is 0.939 bits per heavy atom. The van der Waals surface area contributed by atoms with Gasteiger partial charge in [0.15, 0.2) is 0 Å². The van der Waals surface area contributed by atoms with Gasteiger partial charge in [0.2, 0.25) is 0 Å². The third-order valence-corrected chi connectivity index (χ3v) is 13.1. The first-order valence-corrected chi connectivity index (χ1v) is 14.2. The van der Waals surface area contributed by atoms with Crippen LogP contribution < -0.4 is 0 Å². The Labute approximate surface area is 203 Å². The van der Waals surface area contributed by atoms with Crippen LogP contribution in [0, 0.1) is 56.7 Å². The van der Waals surface area contributed by atoms with Crippen molar-refractivity contribution in [1.29, 1.82) is 0 Å². The van der Waals surface area contributed by atoms with Crippen LogP contribution in [0.15, 0.2) is 11.6 Å². The van der Waals surface area contributed by atoms with Crippen LogP contribution in [0.5, 0.6) is 0 Å². The van der Waals surface area contributed by atoms with Crippen molar-refractivity contribution < 1.29 is 9.53 Å². The van der Waals surface area contributed by atoms with Crippen LogP contribution in [-0.2, 0) is 9.53 Å². The molecule has 0 N–H and O–H groups in total. The normalized spacial score (nSPS) is 50.5. The Morgan fingerprint density at radius 2 is 1.67 bits per heavy atom. The fourth-order valence-electron chi connectivity index (χ4n) is 11.4. The minimum absolute atomic E-state index is 0.104. The molecule has 4 fully saturated rings. The number of carbonyl (C=O) groups excluding carboxylic acids is 1. The van der Waals surface area contributed by atoms with Gasteiger partial charge in [0.05, 0.1) is 12.5 Å². The lowest BCUT2D eigenvalue weighted by molar-refractivity contribution is -0.186. The first kappa shape index (κ1) is 23.9. The van der Waals surface area contributed by atoms with Crippen molar-refractivity contribution in [2.45, 2.75) is 113 Å². The van der Waals surface area contributed by atoms with E-state index in [2.05, 4.69) is 54.5 Å². The van der Waals surface area contributed by atoms with Crippen LogP contribution in [-0.4, -0.2) is 13.1 Å². The molecule has 0 aromatic rings. The average molecular weight is 455 g/mol. The molecule has 5 aliphatic rings. The molecule has 5 aliphatic carbocycles. The maximum absolute atomic E-state index is 13.6. The lowest BCUT2D eigenvalue weighted by Gasteiger charge is -2.68. The maximum Gasteiger partial charge on any atom is 0.312 e. The highest BCUT2D eigenvalue weighted by Crippen LogP contribution is 2.76. The second-order valence-corrected chi connectivity index (χ2v) is 14.6. The number of methoxy groups -OCH3 is 1. The number of fused-ring (bicyclic) bond motifs is 7. The summed E-state index contributed by atoms with van der Waals surface area (Å²) in [5.41, 5.74) is 2.86. The predicted octanol–water partition coefficient (Wildman–Crippen LogP) is 8.21. The molecule has 8 atom stereocenters. The first-order valence-electron chi connectivity index (χ1n) is 14.2. The number of esters is 1. The SMILES string of the molecule is COC(=O)[C@]12CC[C@]3(C)C4=CC[C@H]5C(C)(C)CCC[C@]5(C)[C@H]4CC[C@@]3(C)[C@@H]1CC[C@@H]2C(C)C. The Balaban J connectivity index is 1.58. The molecule has 2 heteroatoms. The van der Waals surface area contributed by atoms with Crippen molar-refractivity contribution in [1.82, 2.24) is 0 Å². The standard InChI is InChI=1S/C31H50O2/c1-20(2)21-10-13-25-30(7)17-14-22-23(29(30,6)18-19-31(21,25)26(32)33-8)11-12-24-27(3,4)15-9-16-28(22,24)5/h11,20-22,24-25H,9-10,12-19H2,1-8H3/t21-,22+,24+,25+,28-,29-,30+,31+/m1/s1. The van der Waals surface area contributed by atoms with Gasteiger partial charge in [-0.15, -0.1) is 0 Å². The number of allylic oxidation sites excluding steroid dienone is 2. The number of rotatable bonds is 2. The van der Waals surface area contributed by atoms with E-state index in [-0.39, 0.29) is 22.2 Å². The molecule has 186 valence electrons. The monoisotopic (exact) mass is 454 g/mol. The summed E-state index contributed by atoms with van der Waals surface area (Å²) in [6.45, 7) is 17.6. The number of hydrogen-bond donors (Lipinski definition) is 0. The molecule has 0 aliphatic heterocycles. The van der Waals surface area contributed by atoms with Gasteiger partial charge in [-0.3, -0.25) is 4.79 Å². The summed E-state index contributed by atoms with van der Waals surface area (Å²) in [5, 5.41) is 0. The molecule has 0 spiro atoms. The summed E-state index contributed by atoms with van der Waals surface area (Å²) < 4.78 is 5.60. The van der Waals surface area contributed by atoms with Crippen molar-refractivity contribution >= 4 is 5.97 Å². The molecule has 33 heavy (non-hydrogen) atoms. The van der Waals surface area contributed by atoms with Gasteiger partial charge in [-0.05, 0) is 109 Å². The molecular formula is C31H50O2. The van der Waals surface area contributed by atoms with Crippen molar-refractivity contribution in [2.75, 3.05) is 7.11 Å². The van der Waals surface area contributed by atoms with Crippen LogP contribution in [0.25, 0.3) is 0 Å². The zero-order chi connectivity index (χ0) is 24.0. The molecule has 5 rings (SSSR count). The number of ether oxygens (including phenoxy) is 1. The zero-order valence-electron chi connectivity index (χ0n) is 22.9. The summed E-state index contributed by atoms with van der Waals surface area (Å²) in [5.74, 6) is 3.12. The average Bonchev–Trinajstić information content (AvgIpc) is 3.15. The molecule has 0 saturated heterocycles. The molecule has 0 unspecified atom stereocenters. The first-order chi connectivity index (χ1) is 15.4. The third-order valence-electron chi connectivity index (χ3n) is 13.1. The van der Waals surface area contributed by atoms with E-state index in [0.29, 0.717) is 28.6 Å². The molecule has 0 amide bonds. The molecule has 2 nitrogen and oxygen atoms in total. The third kappa shape index (κ3) is 2.82. The molecule has 4 saturated carbocycles. The molecule has 0 aromatic heterocycles. The molecule has 0 heterocycles. The van der Waals surface area contributed by atoms with Crippen LogP contribution >= 0.6 is 0 Å². The van der Waals surface area contributed by atoms with E-state index in [1.165, 1.54) is 51.4 Å². The minimum atomic E-state index is -0.265. The van der Waals surface area contributed by atoms with Gasteiger partial charge in [0.25, 0.3) is 0 Å². The fraction of sp³-hybridized carbons (Fsp3) is 0.903. The van der Waals surface area contributed by atoms with E-state index >= 15 is 0 Å². The Kier molecular flexibility index (Phi) is 5.34. The summed E-state index contributed by atoms with van der Waals surface area (Å²) in [6.07, 6.45) is 15.4. The van der Waals surface area contributed by atoms with E-state index in [0.717, 1.165) is 24.7 Å². The van der Waals surface area contributed by atoms with Gasteiger partial charge in [-0.2, -0.15) is 0 Å². The van der Waals surface area contributed by atoms with Crippen molar-refractivity contribution in [3.8, 4) is 0 Å². The summed E-state index contributed by atoms with van der Waals surface area (Å²) in [4.78, 5) is 13.6. The maximum atomic E-state index is 13.6. The summed E-state index contributed by atoms with van der Waals surface area (Å²) >= 11 is 0. The molecule has 0 bridgehead atoms. The quantitative estimate of drug-likeness (QED) is 0.310. The summed E-state index contributed by atoms with van der Waals surface area (Å²) in [7, 11) is 1.63. The minimum Gasteiger partial charge on any atom is -0.469 e. The smallest absolute Gasteiger partial charge is 0.312 e. The van der Waals surface area contributed by atoms with Crippen molar-refractivity contribution in [2.24, 2.45) is 56.7 Å².